The highest BCUT2D eigenvalue weighted by Crippen LogP contribution is 2.22. The predicted octanol–water partition coefficient (Wildman–Crippen LogP) is 2.67. The van der Waals surface area contributed by atoms with Gasteiger partial charge in [-0.2, -0.15) is 0 Å². The van der Waals surface area contributed by atoms with Crippen LogP contribution in [0.2, 0.25) is 0 Å². The number of likely N-dealkylation sites (tertiary alicyclic amines) is 1. The number of hydrogen-bond donors (Lipinski definition) is 1. The van der Waals surface area contributed by atoms with Crippen molar-refractivity contribution in [2.24, 2.45) is 5.92 Å². The monoisotopic (exact) mass is 219 g/mol. The minimum atomic E-state index is 0.365. The Morgan fingerprint density at radius 1 is 1.19 bits per heavy atom. The van der Waals surface area contributed by atoms with Crippen LogP contribution < -0.4 is 0 Å². The van der Waals surface area contributed by atoms with Crippen molar-refractivity contribution in [3.63, 3.8) is 0 Å². The van der Waals surface area contributed by atoms with Crippen LogP contribution in [0, 0.1) is 5.92 Å². The molecule has 1 unspecified atom stereocenters. The van der Waals surface area contributed by atoms with Crippen molar-refractivity contribution in [2.45, 2.75) is 25.7 Å². The quantitative estimate of drug-likeness (QED) is 0.826. The fourth-order valence-electron chi connectivity index (χ4n) is 2.48. The number of rotatable bonds is 2. The second-order valence-corrected chi connectivity index (χ2v) is 4.97. The molecule has 0 radical (unpaired) electrons. The summed E-state index contributed by atoms with van der Waals surface area (Å²) in [6, 6.07) is 7.67. The molecule has 2 nitrogen and oxygen atoms in total. The number of hydrogen-bond acceptors (Lipinski definition) is 2. The molecule has 16 heavy (non-hydrogen) atoms. The van der Waals surface area contributed by atoms with E-state index in [4.69, 9.17) is 0 Å². The summed E-state index contributed by atoms with van der Waals surface area (Å²) in [4.78, 5) is 2.43. The first-order valence-corrected chi connectivity index (χ1v) is 6.20. The zero-order valence-electron chi connectivity index (χ0n) is 10.0. The van der Waals surface area contributed by atoms with Gasteiger partial charge in [-0.1, -0.05) is 12.1 Å². The Hall–Kier alpha value is -1.02. The molecule has 0 spiro atoms. The molecule has 1 saturated heterocycles. The molecule has 0 bridgehead atoms. The minimum Gasteiger partial charge on any atom is -0.508 e. The van der Waals surface area contributed by atoms with Gasteiger partial charge < -0.3 is 10.0 Å². The molecule has 1 fully saturated rings. The van der Waals surface area contributed by atoms with Crippen molar-refractivity contribution in [3.8, 4) is 5.75 Å². The average molecular weight is 219 g/mol. The maximum atomic E-state index is 9.24. The standard InChI is InChI=1S/C14H21NO/c1-15-9-2-3-12(8-10-15)11-13-4-6-14(16)7-5-13/h4-7,12,16H,2-3,8-11H2,1H3. The number of phenolic OH excluding ortho intramolecular Hbond substituents is 1. The molecule has 1 atom stereocenters. The van der Waals surface area contributed by atoms with Crippen molar-refractivity contribution in [1.29, 1.82) is 0 Å². The molecule has 2 rings (SSSR count). The van der Waals surface area contributed by atoms with Gasteiger partial charge in [0.25, 0.3) is 0 Å². The predicted molar refractivity (Wildman–Crippen MR) is 66.6 cm³/mol. The fraction of sp³-hybridized carbons (Fsp3) is 0.571. The van der Waals surface area contributed by atoms with Crippen LogP contribution in [0.5, 0.6) is 5.75 Å². The van der Waals surface area contributed by atoms with E-state index in [2.05, 4.69) is 11.9 Å². The van der Waals surface area contributed by atoms with Gasteiger partial charge in [0.05, 0.1) is 0 Å². The van der Waals surface area contributed by atoms with Gasteiger partial charge in [-0.05, 0) is 69.4 Å². The zero-order valence-corrected chi connectivity index (χ0v) is 10.0. The molecule has 1 N–H and O–H groups in total. The van der Waals surface area contributed by atoms with Gasteiger partial charge in [0.15, 0.2) is 0 Å². The largest absolute Gasteiger partial charge is 0.508 e. The van der Waals surface area contributed by atoms with Crippen molar-refractivity contribution < 1.29 is 5.11 Å². The maximum Gasteiger partial charge on any atom is 0.115 e. The molecular formula is C14H21NO. The lowest BCUT2D eigenvalue weighted by atomic mass is 9.93. The van der Waals surface area contributed by atoms with Crippen LogP contribution in [-0.4, -0.2) is 30.1 Å². The highest BCUT2D eigenvalue weighted by Gasteiger charge is 2.14. The normalized spacial score (nSPS) is 22.9. The molecule has 0 amide bonds. The van der Waals surface area contributed by atoms with Gasteiger partial charge in [-0.25, -0.2) is 0 Å². The molecule has 1 heterocycles. The first kappa shape index (κ1) is 11.5. The van der Waals surface area contributed by atoms with E-state index in [1.165, 1.54) is 37.9 Å². The summed E-state index contributed by atoms with van der Waals surface area (Å²) in [6.45, 7) is 2.47. The Labute approximate surface area is 97.9 Å². The maximum absolute atomic E-state index is 9.24. The zero-order chi connectivity index (χ0) is 11.4. The third-order valence-electron chi connectivity index (χ3n) is 3.53. The Bertz CT molecular complexity index is 320. The van der Waals surface area contributed by atoms with Crippen LogP contribution in [0.3, 0.4) is 0 Å². The van der Waals surface area contributed by atoms with E-state index in [9.17, 15) is 5.11 Å². The molecule has 1 aliphatic rings. The molecule has 0 aromatic heterocycles. The first-order chi connectivity index (χ1) is 7.74. The van der Waals surface area contributed by atoms with Gasteiger partial charge in [0, 0.05) is 0 Å². The Kier molecular flexibility index (Phi) is 3.83. The van der Waals surface area contributed by atoms with Crippen LogP contribution in [0.15, 0.2) is 24.3 Å². The van der Waals surface area contributed by atoms with Gasteiger partial charge in [0.2, 0.25) is 0 Å². The molecule has 1 aromatic carbocycles. The van der Waals surface area contributed by atoms with Crippen molar-refractivity contribution in [2.75, 3.05) is 20.1 Å². The van der Waals surface area contributed by atoms with Crippen LogP contribution in [0.25, 0.3) is 0 Å². The summed E-state index contributed by atoms with van der Waals surface area (Å²) in [6.07, 6.45) is 5.12. The Balaban J connectivity index is 1.91. The Morgan fingerprint density at radius 2 is 1.94 bits per heavy atom. The lowest BCUT2D eigenvalue weighted by Crippen LogP contribution is -2.19. The average Bonchev–Trinajstić information content (AvgIpc) is 2.47. The molecule has 0 saturated carbocycles. The topological polar surface area (TPSA) is 23.5 Å². The van der Waals surface area contributed by atoms with E-state index in [0.717, 1.165) is 12.3 Å². The van der Waals surface area contributed by atoms with Gasteiger partial charge in [0.1, 0.15) is 5.75 Å². The second kappa shape index (κ2) is 5.35. The second-order valence-electron chi connectivity index (χ2n) is 4.97. The highest BCUT2D eigenvalue weighted by molar-refractivity contribution is 5.26. The van der Waals surface area contributed by atoms with E-state index < -0.39 is 0 Å². The van der Waals surface area contributed by atoms with Gasteiger partial charge in [-0.15, -0.1) is 0 Å². The summed E-state index contributed by atoms with van der Waals surface area (Å²) in [5.74, 6) is 1.18. The highest BCUT2D eigenvalue weighted by atomic mass is 16.3. The molecule has 1 aliphatic heterocycles. The van der Waals surface area contributed by atoms with Crippen molar-refractivity contribution >= 4 is 0 Å². The third kappa shape index (κ3) is 3.24. The van der Waals surface area contributed by atoms with Gasteiger partial charge >= 0.3 is 0 Å². The molecule has 1 aromatic rings. The van der Waals surface area contributed by atoms with E-state index >= 15 is 0 Å². The SMILES string of the molecule is CN1CCCC(Cc2ccc(O)cc2)CC1. The third-order valence-corrected chi connectivity index (χ3v) is 3.53. The minimum absolute atomic E-state index is 0.365. The summed E-state index contributed by atoms with van der Waals surface area (Å²) < 4.78 is 0. The smallest absolute Gasteiger partial charge is 0.115 e. The lowest BCUT2D eigenvalue weighted by molar-refractivity contribution is 0.341. The molecule has 88 valence electrons. The molecule has 0 aliphatic carbocycles. The van der Waals surface area contributed by atoms with Crippen LogP contribution >= 0.6 is 0 Å². The van der Waals surface area contributed by atoms with Gasteiger partial charge in [-0.3, -0.25) is 0 Å². The van der Waals surface area contributed by atoms with Crippen molar-refractivity contribution in [1.82, 2.24) is 4.90 Å². The summed E-state index contributed by atoms with van der Waals surface area (Å²) in [5, 5.41) is 9.24. The van der Waals surface area contributed by atoms with E-state index in [-0.39, 0.29) is 0 Å². The molecule has 2 heteroatoms. The number of benzene rings is 1. The van der Waals surface area contributed by atoms with E-state index in [1.54, 1.807) is 12.1 Å². The van der Waals surface area contributed by atoms with Crippen LogP contribution in [0.4, 0.5) is 0 Å². The fourth-order valence-corrected chi connectivity index (χ4v) is 2.48. The summed E-state index contributed by atoms with van der Waals surface area (Å²) in [5.41, 5.74) is 1.35. The summed E-state index contributed by atoms with van der Waals surface area (Å²) >= 11 is 0. The van der Waals surface area contributed by atoms with Crippen LogP contribution in [0.1, 0.15) is 24.8 Å². The van der Waals surface area contributed by atoms with Crippen molar-refractivity contribution in [3.05, 3.63) is 29.8 Å². The van der Waals surface area contributed by atoms with Crippen LogP contribution in [-0.2, 0) is 6.42 Å². The number of nitrogens with zero attached hydrogens (tertiary/aromatic N) is 1. The van der Waals surface area contributed by atoms with E-state index in [1.807, 2.05) is 12.1 Å². The van der Waals surface area contributed by atoms with E-state index in [0.29, 0.717) is 5.75 Å². The summed E-state index contributed by atoms with van der Waals surface area (Å²) in [7, 11) is 2.21. The number of phenols is 1. The Morgan fingerprint density at radius 3 is 2.69 bits per heavy atom. The lowest BCUT2D eigenvalue weighted by Gasteiger charge is -2.14. The first-order valence-electron chi connectivity index (χ1n) is 6.20. The number of aromatic hydroxyl groups is 1. The molecular weight excluding hydrogens is 198 g/mol.